The van der Waals surface area contributed by atoms with E-state index in [0.29, 0.717) is 12.5 Å². The SMILES string of the molecule is CC(C)NCC1(Cc2cc(Br)ccc2F)CCOC1C. The lowest BCUT2D eigenvalue weighted by Gasteiger charge is -2.33. The number of nitrogens with one attached hydrogen (secondary N) is 1. The van der Waals surface area contributed by atoms with Crippen molar-refractivity contribution in [2.75, 3.05) is 13.2 Å². The maximum absolute atomic E-state index is 14.0. The first-order valence-corrected chi connectivity index (χ1v) is 8.01. The van der Waals surface area contributed by atoms with Gasteiger partial charge in [-0.1, -0.05) is 29.8 Å². The summed E-state index contributed by atoms with van der Waals surface area (Å²) in [4.78, 5) is 0. The van der Waals surface area contributed by atoms with Gasteiger partial charge in [0.25, 0.3) is 0 Å². The van der Waals surface area contributed by atoms with E-state index < -0.39 is 0 Å². The van der Waals surface area contributed by atoms with Crippen LogP contribution in [-0.4, -0.2) is 25.3 Å². The first-order chi connectivity index (χ1) is 9.43. The van der Waals surface area contributed by atoms with Crippen molar-refractivity contribution in [1.82, 2.24) is 5.32 Å². The van der Waals surface area contributed by atoms with Gasteiger partial charge in [-0.15, -0.1) is 0 Å². The molecule has 4 heteroatoms. The van der Waals surface area contributed by atoms with Crippen LogP contribution in [0, 0.1) is 11.2 Å². The molecule has 2 unspecified atom stereocenters. The Labute approximate surface area is 129 Å². The molecule has 0 aromatic heterocycles. The van der Waals surface area contributed by atoms with Crippen molar-refractivity contribution in [3.05, 3.63) is 34.1 Å². The summed E-state index contributed by atoms with van der Waals surface area (Å²) in [7, 11) is 0. The summed E-state index contributed by atoms with van der Waals surface area (Å²) >= 11 is 3.43. The number of hydrogen-bond donors (Lipinski definition) is 1. The maximum Gasteiger partial charge on any atom is 0.126 e. The van der Waals surface area contributed by atoms with Gasteiger partial charge < -0.3 is 10.1 Å². The van der Waals surface area contributed by atoms with Crippen LogP contribution >= 0.6 is 15.9 Å². The van der Waals surface area contributed by atoms with Crippen molar-refractivity contribution in [3.63, 3.8) is 0 Å². The van der Waals surface area contributed by atoms with E-state index in [0.717, 1.165) is 29.6 Å². The Bertz CT molecular complexity index is 466. The molecule has 1 aliphatic heterocycles. The average Bonchev–Trinajstić information content (AvgIpc) is 2.73. The van der Waals surface area contributed by atoms with E-state index in [1.54, 1.807) is 6.07 Å². The van der Waals surface area contributed by atoms with Crippen LogP contribution in [0.5, 0.6) is 0 Å². The van der Waals surface area contributed by atoms with E-state index in [2.05, 4.69) is 42.0 Å². The largest absolute Gasteiger partial charge is 0.378 e. The molecule has 2 nitrogen and oxygen atoms in total. The molecule has 20 heavy (non-hydrogen) atoms. The molecule has 1 fully saturated rings. The molecule has 0 bridgehead atoms. The van der Waals surface area contributed by atoms with Crippen LogP contribution in [0.1, 0.15) is 32.8 Å². The molecule has 0 radical (unpaired) electrons. The molecule has 1 aliphatic rings. The molecule has 0 saturated carbocycles. The lowest BCUT2D eigenvalue weighted by Crippen LogP contribution is -2.43. The number of rotatable bonds is 5. The Morgan fingerprint density at radius 1 is 1.50 bits per heavy atom. The van der Waals surface area contributed by atoms with Gasteiger partial charge in [-0.05, 0) is 43.5 Å². The first kappa shape index (κ1) is 15.9. The summed E-state index contributed by atoms with van der Waals surface area (Å²) < 4.78 is 20.7. The zero-order valence-electron chi connectivity index (χ0n) is 12.4. The van der Waals surface area contributed by atoms with E-state index >= 15 is 0 Å². The minimum Gasteiger partial charge on any atom is -0.378 e. The highest BCUT2D eigenvalue weighted by molar-refractivity contribution is 9.10. The van der Waals surface area contributed by atoms with E-state index in [-0.39, 0.29) is 17.3 Å². The molecule has 1 heterocycles. The summed E-state index contributed by atoms with van der Waals surface area (Å²) in [6, 6.07) is 5.58. The van der Waals surface area contributed by atoms with E-state index in [4.69, 9.17) is 4.74 Å². The van der Waals surface area contributed by atoms with Crippen molar-refractivity contribution in [2.45, 2.75) is 45.8 Å². The monoisotopic (exact) mass is 343 g/mol. The zero-order chi connectivity index (χ0) is 14.8. The Hall–Kier alpha value is -0.450. The molecular formula is C16H23BrFNO. The summed E-state index contributed by atoms with van der Waals surface area (Å²) in [5, 5.41) is 3.50. The quantitative estimate of drug-likeness (QED) is 0.874. The fraction of sp³-hybridized carbons (Fsp3) is 0.625. The lowest BCUT2D eigenvalue weighted by atomic mass is 9.76. The van der Waals surface area contributed by atoms with Gasteiger partial charge in [0.2, 0.25) is 0 Å². The van der Waals surface area contributed by atoms with Gasteiger partial charge in [-0.3, -0.25) is 0 Å². The maximum atomic E-state index is 14.0. The van der Waals surface area contributed by atoms with Crippen LogP contribution < -0.4 is 5.32 Å². The fourth-order valence-corrected chi connectivity index (χ4v) is 3.22. The number of hydrogen-bond acceptors (Lipinski definition) is 2. The highest BCUT2D eigenvalue weighted by Gasteiger charge is 2.41. The van der Waals surface area contributed by atoms with Gasteiger partial charge in [0.05, 0.1) is 6.10 Å². The lowest BCUT2D eigenvalue weighted by molar-refractivity contribution is 0.0616. The predicted octanol–water partition coefficient (Wildman–Crippen LogP) is 3.92. The van der Waals surface area contributed by atoms with Crippen LogP contribution in [0.15, 0.2) is 22.7 Å². The minimum absolute atomic E-state index is 0.0219. The Morgan fingerprint density at radius 3 is 2.85 bits per heavy atom. The highest BCUT2D eigenvalue weighted by Crippen LogP contribution is 2.38. The van der Waals surface area contributed by atoms with Crippen molar-refractivity contribution in [2.24, 2.45) is 5.41 Å². The van der Waals surface area contributed by atoms with Gasteiger partial charge in [0.1, 0.15) is 5.82 Å². The minimum atomic E-state index is -0.128. The van der Waals surface area contributed by atoms with Gasteiger partial charge in [-0.2, -0.15) is 0 Å². The normalized spacial score (nSPS) is 26.4. The van der Waals surface area contributed by atoms with Crippen LogP contribution in [0.3, 0.4) is 0 Å². The molecular weight excluding hydrogens is 321 g/mol. The van der Waals surface area contributed by atoms with Crippen molar-refractivity contribution >= 4 is 15.9 Å². The van der Waals surface area contributed by atoms with Gasteiger partial charge >= 0.3 is 0 Å². The van der Waals surface area contributed by atoms with Crippen LogP contribution in [-0.2, 0) is 11.2 Å². The number of benzene rings is 1. The van der Waals surface area contributed by atoms with Crippen LogP contribution in [0.25, 0.3) is 0 Å². The molecule has 1 aromatic carbocycles. The molecule has 0 aliphatic carbocycles. The van der Waals surface area contributed by atoms with Crippen molar-refractivity contribution < 1.29 is 9.13 Å². The molecule has 112 valence electrons. The summed E-state index contributed by atoms with van der Waals surface area (Å²) in [6.07, 6.45) is 1.83. The Morgan fingerprint density at radius 2 is 2.25 bits per heavy atom. The molecule has 1 aromatic rings. The second kappa shape index (κ2) is 6.54. The smallest absolute Gasteiger partial charge is 0.126 e. The van der Waals surface area contributed by atoms with Gasteiger partial charge in [-0.25, -0.2) is 4.39 Å². The van der Waals surface area contributed by atoms with Gasteiger partial charge in [0.15, 0.2) is 0 Å². The zero-order valence-corrected chi connectivity index (χ0v) is 14.0. The first-order valence-electron chi connectivity index (χ1n) is 7.22. The van der Waals surface area contributed by atoms with E-state index in [1.807, 2.05) is 6.07 Å². The number of halogens is 2. The van der Waals surface area contributed by atoms with Crippen molar-refractivity contribution in [1.29, 1.82) is 0 Å². The van der Waals surface area contributed by atoms with Crippen LogP contribution in [0.2, 0.25) is 0 Å². The summed E-state index contributed by atoms with van der Waals surface area (Å²) in [5.41, 5.74) is 0.744. The molecule has 2 rings (SSSR count). The third kappa shape index (κ3) is 3.60. The summed E-state index contributed by atoms with van der Waals surface area (Å²) in [6.45, 7) is 7.99. The topological polar surface area (TPSA) is 21.3 Å². The van der Waals surface area contributed by atoms with Gasteiger partial charge in [0, 0.05) is 29.1 Å². The highest BCUT2D eigenvalue weighted by atomic mass is 79.9. The Balaban J connectivity index is 2.21. The van der Waals surface area contributed by atoms with E-state index in [9.17, 15) is 4.39 Å². The van der Waals surface area contributed by atoms with Crippen LogP contribution in [0.4, 0.5) is 4.39 Å². The molecule has 0 spiro atoms. The second-order valence-electron chi connectivity index (χ2n) is 6.07. The Kier molecular flexibility index (Phi) is 5.21. The standard InChI is InChI=1S/C16H23BrFNO/c1-11(2)19-10-16(6-7-20-12(16)3)9-13-8-14(17)4-5-15(13)18/h4-5,8,11-12,19H,6-7,9-10H2,1-3H3. The van der Waals surface area contributed by atoms with Crippen molar-refractivity contribution in [3.8, 4) is 0 Å². The summed E-state index contributed by atoms with van der Waals surface area (Å²) in [5.74, 6) is -0.128. The average molecular weight is 344 g/mol. The molecule has 1 N–H and O–H groups in total. The molecule has 1 saturated heterocycles. The molecule has 0 amide bonds. The third-order valence-corrected chi connectivity index (χ3v) is 4.74. The van der Waals surface area contributed by atoms with E-state index in [1.165, 1.54) is 6.07 Å². The molecule has 2 atom stereocenters. The predicted molar refractivity (Wildman–Crippen MR) is 83.4 cm³/mol. The fourth-order valence-electron chi connectivity index (χ4n) is 2.81. The number of ether oxygens (including phenoxy) is 1. The third-order valence-electron chi connectivity index (χ3n) is 4.24. The second-order valence-corrected chi connectivity index (χ2v) is 6.99.